The molecule has 0 aromatic carbocycles. The van der Waals surface area contributed by atoms with Crippen molar-refractivity contribution in [1.82, 2.24) is 24.5 Å². The third kappa shape index (κ3) is 4.15. The fraction of sp³-hybridized carbons (Fsp3) is 0.455. The van der Waals surface area contributed by atoms with Crippen molar-refractivity contribution < 1.29 is 14.3 Å². The highest BCUT2D eigenvalue weighted by molar-refractivity contribution is 6.00. The molecule has 1 amide bonds. The fourth-order valence-corrected chi connectivity index (χ4v) is 4.21. The number of pyridine rings is 1. The van der Waals surface area contributed by atoms with Gasteiger partial charge in [-0.15, -0.1) is 0 Å². The smallest absolute Gasteiger partial charge is 0.274 e. The number of carbonyl (C=O) groups excluding carboxylic acids is 1. The van der Waals surface area contributed by atoms with E-state index in [4.69, 9.17) is 5.11 Å². The zero-order chi connectivity index (χ0) is 23.1. The van der Waals surface area contributed by atoms with Crippen LogP contribution in [0.4, 0.5) is 21.7 Å². The molecule has 0 bridgehead atoms. The summed E-state index contributed by atoms with van der Waals surface area (Å²) < 4.78 is 16.4. The minimum atomic E-state index is -0.995. The Morgan fingerprint density at radius 1 is 1.33 bits per heavy atom. The highest BCUT2D eigenvalue weighted by Crippen LogP contribution is 2.40. The summed E-state index contributed by atoms with van der Waals surface area (Å²) in [7, 11) is 1.72. The first-order valence-corrected chi connectivity index (χ1v) is 11.1. The van der Waals surface area contributed by atoms with Crippen LogP contribution in [0.1, 0.15) is 35.7 Å². The van der Waals surface area contributed by atoms with Crippen LogP contribution in [-0.2, 0) is 0 Å². The molecule has 2 aliphatic carbocycles. The number of anilines is 3. The molecule has 2 fully saturated rings. The van der Waals surface area contributed by atoms with Crippen LogP contribution in [0, 0.1) is 11.8 Å². The number of aromatic nitrogens is 4. The van der Waals surface area contributed by atoms with Gasteiger partial charge in [0.2, 0.25) is 0 Å². The third-order valence-electron chi connectivity index (χ3n) is 6.34. The second-order valence-electron chi connectivity index (χ2n) is 8.63. The van der Waals surface area contributed by atoms with Crippen molar-refractivity contribution in [3.05, 3.63) is 46.5 Å². The zero-order valence-corrected chi connectivity index (χ0v) is 18.2. The van der Waals surface area contributed by atoms with Gasteiger partial charge in [-0.3, -0.25) is 9.59 Å². The Kier molecular flexibility index (Phi) is 5.49. The molecule has 3 aromatic rings. The van der Waals surface area contributed by atoms with Crippen LogP contribution in [0.15, 0.2) is 35.4 Å². The Hall–Kier alpha value is -3.47. The lowest BCUT2D eigenvalue weighted by atomic mass is 10.2. The van der Waals surface area contributed by atoms with Gasteiger partial charge in [-0.2, -0.15) is 9.61 Å². The van der Waals surface area contributed by atoms with Crippen LogP contribution in [0.25, 0.3) is 5.65 Å². The third-order valence-corrected chi connectivity index (χ3v) is 6.34. The maximum atomic E-state index is 13.5. The van der Waals surface area contributed by atoms with Gasteiger partial charge >= 0.3 is 0 Å². The summed E-state index contributed by atoms with van der Waals surface area (Å²) in [5, 5.41) is 22.3. The molecule has 0 spiro atoms. The van der Waals surface area contributed by atoms with Gasteiger partial charge in [0.1, 0.15) is 29.1 Å². The number of aliphatic hydroxyl groups is 1. The van der Waals surface area contributed by atoms with E-state index in [0.29, 0.717) is 47.6 Å². The van der Waals surface area contributed by atoms with Crippen LogP contribution < -0.4 is 21.5 Å². The summed E-state index contributed by atoms with van der Waals surface area (Å²) in [6.07, 6.45) is 4.15. The van der Waals surface area contributed by atoms with E-state index < -0.39 is 12.2 Å². The van der Waals surface area contributed by atoms with Crippen LogP contribution >= 0.6 is 0 Å². The maximum absolute atomic E-state index is 13.5. The lowest BCUT2D eigenvalue weighted by Gasteiger charge is -2.11. The number of halogens is 1. The largest absolute Gasteiger partial charge is 0.396 e. The molecule has 0 radical (unpaired) electrons. The molecule has 3 heterocycles. The minimum absolute atomic E-state index is 0.164. The predicted octanol–water partition coefficient (Wildman–Crippen LogP) is 1.71. The topological polar surface area (TPSA) is 126 Å². The second-order valence-corrected chi connectivity index (χ2v) is 8.63. The number of nitrogens with one attached hydrogen (secondary N) is 3. The maximum Gasteiger partial charge on any atom is 0.274 e. The van der Waals surface area contributed by atoms with Crippen LogP contribution in [0.2, 0.25) is 0 Å². The number of hydrogen-bond acceptors (Lipinski definition) is 7. The van der Waals surface area contributed by atoms with E-state index in [9.17, 15) is 14.0 Å². The first-order valence-electron chi connectivity index (χ1n) is 11.1. The molecule has 4 atom stereocenters. The van der Waals surface area contributed by atoms with E-state index in [-0.39, 0.29) is 23.8 Å². The minimum Gasteiger partial charge on any atom is -0.396 e. The molecule has 2 saturated carbocycles. The molecule has 33 heavy (non-hydrogen) atoms. The molecule has 3 aromatic heterocycles. The Bertz CT molecular complexity index is 1260. The van der Waals surface area contributed by atoms with E-state index >= 15 is 0 Å². The molecule has 5 rings (SSSR count). The van der Waals surface area contributed by atoms with Gasteiger partial charge in [-0.05, 0) is 36.8 Å². The number of amides is 1. The van der Waals surface area contributed by atoms with Crippen molar-refractivity contribution in [3.63, 3.8) is 0 Å². The van der Waals surface area contributed by atoms with Crippen LogP contribution in [0.5, 0.6) is 0 Å². The molecule has 11 heteroatoms. The van der Waals surface area contributed by atoms with Gasteiger partial charge < -0.3 is 25.6 Å². The average Bonchev–Trinajstić information content (AvgIpc) is 3.68. The normalized spacial score (nSPS) is 23.4. The summed E-state index contributed by atoms with van der Waals surface area (Å²) in [4.78, 5) is 30.1. The lowest BCUT2D eigenvalue weighted by molar-refractivity contribution is 0.0952. The SMILES string of the molecule is CNc1cc(Nc2cccn([C@H]3C[C@@H]3F)c2=O)nc2c(C(=O)NCC3CC3CCO)cnn12. The quantitative estimate of drug-likeness (QED) is 0.387. The summed E-state index contributed by atoms with van der Waals surface area (Å²) in [6.45, 7) is 0.703. The molecule has 2 aliphatic rings. The lowest BCUT2D eigenvalue weighted by Crippen LogP contribution is -2.26. The van der Waals surface area contributed by atoms with E-state index in [1.165, 1.54) is 15.3 Å². The van der Waals surface area contributed by atoms with Gasteiger partial charge in [0.25, 0.3) is 11.5 Å². The van der Waals surface area contributed by atoms with E-state index in [2.05, 4.69) is 26.0 Å². The van der Waals surface area contributed by atoms with Crippen molar-refractivity contribution in [2.45, 2.75) is 31.5 Å². The van der Waals surface area contributed by atoms with Gasteiger partial charge in [0, 0.05) is 38.9 Å². The first-order chi connectivity index (χ1) is 16.0. The molecule has 2 unspecified atom stereocenters. The first kappa shape index (κ1) is 21.4. The molecule has 0 aliphatic heterocycles. The van der Waals surface area contributed by atoms with E-state index in [1.54, 1.807) is 31.4 Å². The van der Waals surface area contributed by atoms with Crippen molar-refractivity contribution in [2.75, 3.05) is 30.8 Å². The summed E-state index contributed by atoms with van der Waals surface area (Å²) in [5.74, 6) is 1.50. The zero-order valence-electron chi connectivity index (χ0n) is 18.2. The number of hydrogen-bond donors (Lipinski definition) is 4. The van der Waals surface area contributed by atoms with Gasteiger partial charge in [0.15, 0.2) is 5.65 Å². The summed E-state index contributed by atoms with van der Waals surface area (Å²) in [5.41, 5.74) is 0.596. The average molecular weight is 455 g/mol. The van der Waals surface area contributed by atoms with Crippen LogP contribution in [-0.4, -0.2) is 56.5 Å². The van der Waals surface area contributed by atoms with Crippen molar-refractivity contribution in [1.29, 1.82) is 0 Å². The number of aliphatic hydroxyl groups excluding tert-OH is 1. The molecular formula is C22H26FN7O3. The highest BCUT2D eigenvalue weighted by Gasteiger charge is 2.40. The Morgan fingerprint density at radius 2 is 2.15 bits per heavy atom. The van der Waals surface area contributed by atoms with Gasteiger partial charge in [0.05, 0.1) is 12.2 Å². The van der Waals surface area contributed by atoms with Crippen molar-refractivity contribution in [3.8, 4) is 0 Å². The number of rotatable bonds is 9. The number of fused-ring (bicyclic) bond motifs is 1. The number of nitrogens with zero attached hydrogens (tertiary/aromatic N) is 4. The number of alkyl halides is 1. The van der Waals surface area contributed by atoms with E-state index in [0.717, 1.165) is 12.8 Å². The molecule has 4 N–H and O–H groups in total. The second kappa shape index (κ2) is 8.47. The van der Waals surface area contributed by atoms with Crippen LogP contribution in [0.3, 0.4) is 0 Å². The Morgan fingerprint density at radius 3 is 2.88 bits per heavy atom. The monoisotopic (exact) mass is 455 g/mol. The van der Waals surface area contributed by atoms with Gasteiger partial charge in [-0.1, -0.05) is 0 Å². The predicted molar refractivity (Wildman–Crippen MR) is 121 cm³/mol. The molecule has 0 saturated heterocycles. The molecule has 174 valence electrons. The fourth-order valence-electron chi connectivity index (χ4n) is 4.21. The van der Waals surface area contributed by atoms with Crippen molar-refractivity contribution >= 4 is 28.9 Å². The van der Waals surface area contributed by atoms with Crippen molar-refractivity contribution in [2.24, 2.45) is 11.8 Å². The highest BCUT2D eigenvalue weighted by atomic mass is 19.1. The van der Waals surface area contributed by atoms with Gasteiger partial charge in [-0.25, -0.2) is 9.37 Å². The Balaban J connectivity index is 1.39. The Labute approximate surface area is 188 Å². The van der Waals surface area contributed by atoms with E-state index in [1.807, 2.05) is 0 Å². The molecular weight excluding hydrogens is 429 g/mol. The summed E-state index contributed by atoms with van der Waals surface area (Å²) in [6, 6.07) is 4.56. The standard InChI is InChI=1S/C22H26FN7O3/c1-24-19-9-18(27-16-3-2-5-29(22(16)33)17-8-15(17)23)28-20-14(11-26-30(19)20)21(32)25-10-13-7-12(13)4-6-31/h2-3,5,9,11-13,15,17,24,31H,4,6-8,10H2,1H3,(H,25,32)(H,27,28)/t12?,13?,15-,17-/m0/s1. The molecule has 10 nitrogen and oxygen atoms in total. The number of carbonyl (C=O) groups is 1. The summed E-state index contributed by atoms with van der Waals surface area (Å²) >= 11 is 0.